The van der Waals surface area contributed by atoms with Gasteiger partial charge in [-0.2, -0.15) is 11.8 Å². The van der Waals surface area contributed by atoms with E-state index >= 15 is 0 Å². The van der Waals surface area contributed by atoms with Gasteiger partial charge in [0.2, 0.25) is 0 Å². The zero-order valence-electron chi connectivity index (χ0n) is 7.06. The second kappa shape index (κ2) is 6.55. The minimum Gasteiger partial charge on any atom is -0.447 e. The van der Waals surface area contributed by atoms with Gasteiger partial charge in [0.1, 0.15) is 6.04 Å². The molecule has 0 saturated heterocycles. The zero-order chi connectivity index (χ0) is 10.3. The summed E-state index contributed by atoms with van der Waals surface area (Å²) in [4.78, 5) is 28.1. The fourth-order valence-corrected chi connectivity index (χ4v) is 0.991. The van der Waals surface area contributed by atoms with E-state index in [-0.39, 0.29) is 0 Å². The molecule has 1 atom stereocenters. The lowest BCUT2D eigenvalue weighted by Gasteiger charge is -2.06. The van der Waals surface area contributed by atoms with Crippen molar-refractivity contribution in [2.75, 3.05) is 12.0 Å². The molecule has 0 aliphatic rings. The van der Waals surface area contributed by atoms with E-state index in [0.29, 0.717) is 12.2 Å². The summed E-state index contributed by atoms with van der Waals surface area (Å²) in [6.45, 7) is 0. The van der Waals surface area contributed by atoms with Crippen LogP contribution in [0.25, 0.3) is 0 Å². The number of hydrogen-bond donors (Lipinski definition) is 2. The summed E-state index contributed by atoms with van der Waals surface area (Å²) in [6, 6.07) is -0.841. The topological polar surface area (TPSA) is 98.9 Å². The van der Waals surface area contributed by atoms with E-state index in [4.69, 9.17) is 10.8 Å². The van der Waals surface area contributed by atoms with Crippen molar-refractivity contribution in [1.29, 1.82) is 0 Å². The molecule has 3 N–H and O–H groups in total. The quantitative estimate of drug-likeness (QED) is 0.504. The first-order chi connectivity index (χ1) is 6.07. The number of carbonyl (C=O) groups excluding carboxylic acids is 1. The van der Waals surface area contributed by atoms with Gasteiger partial charge in [-0.25, -0.2) is 19.4 Å². The molecule has 0 spiro atoms. The Morgan fingerprint density at radius 3 is 2.62 bits per heavy atom. The first kappa shape index (κ1) is 12.0. The Balaban J connectivity index is 3.63. The largest absolute Gasteiger partial charge is 0.547 e. The van der Waals surface area contributed by atoms with Crippen molar-refractivity contribution in [2.45, 2.75) is 12.5 Å². The van der Waals surface area contributed by atoms with Gasteiger partial charge < -0.3 is 10.8 Å². The van der Waals surface area contributed by atoms with Crippen LogP contribution in [-0.4, -0.2) is 35.3 Å². The molecule has 0 aromatic rings. The summed E-state index contributed by atoms with van der Waals surface area (Å²) in [5.41, 5.74) is 5.33. The van der Waals surface area contributed by atoms with Crippen LogP contribution < -0.4 is 5.73 Å². The normalized spacial score (nSPS) is 11.8. The zero-order valence-corrected chi connectivity index (χ0v) is 7.87. The fraction of sp³-hybridized carbons (Fsp3) is 0.667. The maximum atomic E-state index is 10.8. The summed E-state index contributed by atoms with van der Waals surface area (Å²) < 4.78 is 0. The second-order valence-electron chi connectivity index (χ2n) is 2.14. The molecule has 0 bridgehead atoms. The third kappa shape index (κ3) is 6.23. The highest BCUT2D eigenvalue weighted by atomic mass is 32.2. The molecule has 6 nitrogen and oxygen atoms in total. The molecule has 0 aliphatic carbocycles. The molecular weight excluding hydrogens is 198 g/mol. The minimum atomic E-state index is -1.68. The molecule has 0 radical (unpaired) electrons. The molecule has 13 heavy (non-hydrogen) atoms. The molecule has 0 aromatic carbocycles. The average Bonchev–Trinajstić information content (AvgIpc) is 2.10. The van der Waals surface area contributed by atoms with Crippen molar-refractivity contribution >= 4 is 23.9 Å². The van der Waals surface area contributed by atoms with Gasteiger partial charge in [-0.15, -0.1) is 0 Å². The van der Waals surface area contributed by atoms with Gasteiger partial charge in [0, 0.05) is 0 Å². The first-order valence-electron chi connectivity index (χ1n) is 3.43. The van der Waals surface area contributed by atoms with Crippen LogP contribution >= 0.6 is 11.8 Å². The smallest absolute Gasteiger partial charge is 0.447 e. The van der Waals surface area contributed by atoms with E-state index in [9.17, 15) is 9.59 Å². The van der Waals surface area contributed by atoms with Gasteiger partial charge in [-0.05, 0) is 18.4 Å². The van der Waals surface area contributed by atoms with Crippen LogP contribution in [0, 0.1) is 0 Å². The lowest BCUT2D eigenvalue weighted by Crippen LogP contribution is -2.33. The van der Waals surface area contributed by atoms with Crippen molar-refractivity contribution in [1.82, 2.24) is 0 Å². The van der Waals surface area contributed by atoms with Gasteiger partial charge in [-0.3, -0.25) is 0 Å². The predicted octanol–water partition coefficient (Wildman–Crippen LogP) is 0.220. The van der Waals surface area contributed by atoms with E-state index < -0.39 is 18.2 Å². The van der Waals surface area contributed by atoms with Crippen LogP contribution in [0.15, 0.2) is 0 Å². The Kier molecular flexibility index (Phi) is 6.07. The molecule has 0 aliphatic heterocycles. The number of thioether (sulfide) groups is 1. The highest BCUT2D eigenvalue weighted by Crippen LogP contribution is 2.00. The summed E-state index contributed by atoms with van der Waals surface area (Å²) in [7, 11) is 0. The Labute approximate surface area is 79.3 Å². The highest BCUT2D eigenvalue weighted by molar-refractivity contribution is 7.98. The van der Waals surface area contributed by atoms with E-state index in [2.05, 4.69) is 9.78 Å². The van der Waals surface area contributed by atoms with Crippen LogP contribution in [0.3, 0.4) is 0 Å². The van der Waals surface area contributed by atoms with Crippen LogP contribution in [0.5, 0.6) is 0 Å². The summed E-state index contributed by atoms with van der Waals surface area (Å²) in [5.74, 6) is -0.181. The van der Waals surface area contributed by atoms with Crippen LogP contribution in [0.1, 0.15) is 6.42 Å². The molecular formula is C6H11NO5S. The lowest BCUT2D eigenvalue weighted by molar-refractivity contribution is -0.242. The fourth-order valence-electron chi connectivity index (χ4n) is 0.501. The SMILES string of the molecule is CSCCC(N)C(=O)OOC(=O)O. The van der Waals surface area contributed by atoms with Gasteiger partial charge >= 0.3 is 12.1 Å². The minimum absolute atomic E-state index is 0.420. The van der Waals surface area contributed by atoms with E-state index in [1.54, 1.807) is 0 Å². The number of rotatable bonds is 4. The summed E-state index contributed by atoms with van der Waals surface area (Å²) in [6.07, 6.45) is 0.611. The number of nitrogens with two attached hydrogens (primary N) is 1. The van der Waals surface area contributed by atoms with Crippen molar-refractivity contribution in [2.24, 2.45) is 5.73 Å². The molecule has 0 rings (SSSR count). The third-order valence-corrected chi connectivity index (χ3v) is 1.77. The monoisotopic (exact) mass is 209 g/mol. The molecule has 7 heteroatoms. The highest BCUT2D eigenvalue weighted by Gasteiger charge is 2.17. The number of carbonyl (C=O) groups is 2. The van der Waals surface area contributed by atoms with Crippen molar-refractivity contribution in [3.8, 4) is 0 Å². The molecule has 76 valence electrons. The van der Waals surface area contributed by atoms with Gasteiger partial charge in [0.05, 0.1) is 0 Å². The van der Waals surface area contributed by atoms with Gasteiger partial charge in [0.25, 0.3) is 0 Å². The third-order valence-electron chi connectivity index (χ3n) is 1.13. The van der Waals surface area contributed by atoms with Gasteiger partial charge in [-0.1, -0.05) is 0 Å². The van der Waals surface area contributed by atoms with Crippen molar-refractivity contribution in [3.63, 3.8) is 0 Å². The van der Waals surface area contributed by atoms with Gasteiger partial charge in [0.15, 0.2) is 0 Å². The van der Waals surface area contributed by atoms with Crippen LogP contribution in [0.4, 0.5) is 4.79 Å². The van der Waals surface area contributed by atoms with Crippen LogP contribution in [-0.2, 0) is 14.6 Å². The maximum absolute atomic E-state index is 10.8. The molecule has 0 aromatic heterocycles. The Hall–Kier alpha value is -0.950. The average molecular weight is 209 g/mol. The first-order valence-corrected chi connectivity index (χ1v) is 4.83. The standard InChI is InChI=1S/C6H11NO5S/c1-13-3-2-4(7)5(8)11-12-6(9)10/h4H,2-3,7H2,1H3,(H,9,10). The summed E-state index contributed by atoms with van der Waals surface area (Å²) >= 11 is 1.53. The van der Waals surface area contributed by atoms with E-state index in [1.807, 2.05) is 6.26 Å². The Morgan fingerprint density at radius 2 is 2.15 bits per heavy atom. The second-order valence-corrected chi connectivity index (χ2v) is 3.13. The lowest BCUT2D eigenvalue weighted by atomic mass is 10.2. The molecule has 0 amide bonds. The van der Waals surface area contributed by atoms with Crippen molar-refractivity contribution < 1.29 is 24.5 Å². The number of hydrogen-bond acceptors (Lipinski definition) is 6. The summed E-state index contributed by atoms with van der Waals surface area (Å²) in [5, 5.41) is 7.98. The van der Waals surface area contributed by atoms with Crippen LogP contribution in [0.2, 0.25) is 0 Å². The van der Waals surface area contributed by atoms with Crippen molar-refractivity contribution in [3.05, 3.63) is 0 Å². The molecule has 0 saturated carbocycles. The Bertz CT molecular complexity index is 186. The van der Waals surface area contributed by atoms with E-state index in [0.717, 1.165) is 0 Å². The predicted molar refractivity (Wildman–Crippen MR) is 46.2 cm³/mol. The molecule has 1 unspecified atom stereocenters. The number of carboxylic acid groups (broad SMARTS) is 1. The van der Waals surface area contributed by atoms with E-state index in [1.165, 1.54) is 11.8 Å². The Morgan fingerprint density at radius 1 is 1.54 bits per heavy atom. The maximum Gasteiger partial charge on any atom is 0.547 e. The molecule has 0 heterocycles. The molecule has 0 fully saturated rings.